The van der Waals surface area contributed by atoms with Gasteiger partial charge in [0, 0.05) is 25.2 Å². The number of benzene rings is 1. The zero-order chi connectivity index (χ0) is 15.8. The summed E-state index contributed by atoms with van der Waals surface area (Å²) < 4.78 is 13.7. The van der Waals surface area contributed by atoms with Crippen LogP contribution in [0, 0.1) is 5.82 Å². The molecule has 0 aromatic heterocycles. The Kier molecular flexibility index (Phi) is 7.23. The maximum atomic E-state index is 13.7. The molecular weight excluding hydrogens is 315 g/mol. The lowest BCUT2D eigenvalue weighted by Crippen LogP contribution is -2.47. The van der Waals surface area contributed by atoms with Gasteiger partial charge in [0.1, 0.15) is 5.82 Å². The fourth-order valence-electron chi connectivity index (χ4n) is 1.92. The van der Waals surface area contributed by atoms with Crippen molar-refractivity contribution in [1.29, 1.82) is 0 Å². The molecule has 0 radical (unpaired) electrons. The molecule has 1 atom stereocenters. The van der Waals surface area contributed by atoms with Gasteiger partial charge in [-0.2, -0.15) is 0 Å². The summed E-state index contributed by atoms with van der Waals surface area (Å²) >= 11 is 8.58. The van der Waals surface area contributed by atoms with Gasteiger partial charge in [0.05, 0.1) is 6.04 Å². The van der Waals surface area contributed by atoms with Crippen molar-refractivity contribution in [3.05, 3.63) is 35.6 Å². The fourth-order valence-corrected chi connectivity index (χ4v) is 2.02. The summed E-state index contributed by atoms with van der Waals surface area (Å²) in [4.78, 5) is 5.25. The standard InChI is InChI=1S/C11H14FN3OS.CH3NOS/c12-9-4-2-1-3-8(9)10-7-14-5-6-15(10)16-11(13)17;2-1(3)4/h1-4,10,14H,5-7H2,(H2,13,17);(H3,2,3,4). The number of hydrogen-bond donors (Lipinski definition) is 4. The average molecular weight is 332 g/mol. The number of halogens is 1. The van der Waals surface area contributed by atoms with Crippen LogP contribution in [0.2, 0.25) is 0 Å². The van der Waals surface area contributed by atoms with Crippen molar-refractivity contribution < 1.29 is 14.3 Å². The monoisotopic (exact) mass is 332 g/mol. The topological polar surface area (TPSA) is 96.8 Å². The third-order valence-electron chi connectivity index (χ3n) is 2.67. The molecule has 116 valence electrons. The molecular formula is C12H17FN4O2S2. The van der Waals surface area contributed by atoms with Crippen molar-refractivity contribution in [3.8, 4) is 0 Å². The van der Waals surface area contributed by atoms with Crippen LogP contribution in [-0.2, 0) is 4.84 Å². The second-order valence-electron chi connectivity index (χ2n) is 4.13. The number of rotatable bonds is 2. The molecule has 1 fully saturated rings. The fraction of sp³-hybridized carbons (Fsp3) is 0.333. The Morgan fingerprint density at radius 1 is 1.38 bits per heavy atom. The van der Waals surface area contributed by atoms with Crippen LogP contribution >= 0.6 is 24.4 Å². The van der Waals surface area contributed by atoms with Crippen molar-refractivity contribution in [3.63, 3.8) is 0 Å². The van der Waals surface area contributed by atoms with Crippen LogP contribution in [0.4, 0.5) is 4.39 Å². The predicted octanol–water partition coefficient (Wildman–Crippen LogP) is 0.735. The van der Waals surface area contributed by atoms with Crippen molar-refractivity contribution in [2.24, 2.45) is 11.5 Å². The quantitative estimate of drug-likeness (QED) is 0.589. The van der Waals surface area contributed by atoms with Gasteiger partial charge < -0.3 is 26.7 Å². The SMILES string of the molecule is NC(=S)ON1CCNCC1c1ccccc1F.NC(O)=S. The van der Waals surface area contributed by atoms with Gasteiger partial charge in [0.15, 0.2) is 0 Å². The molecule has 6 N–H and O–H groups in total. The number of nitrogens with one attached hydrogen (secondary N) is 1. The van der Waals surface area contributed by atoms with Gasteiger partial charge in [0.25, 0.3) is 10.3 Å². The molecule has 0 saturated carbocycles. The summed E-state index contributed by atoms with van der Waals surface area (Å²) in [6.45, 7) is 1.97. The first-order chi connectivity index (χ1) is 9.91. The summed E-state index contributed by atoms with van der Waals surface area (Å²) in [5, 5.41) is 11.8. The molecule has 0 spiro atoms. The van der Waals surface area contributed by atoms with Gasteiger partial charge in [-0.25, -0.2) is 4.39 Å². The van der Waals surface area contributed by atoms with E-state index in [2.05, 4.69) is 23.3 Å². The number of nitrogens with zero attached hydrogens (tertiary/aromatic N) is 1. The lowest BCUT2D eigenvalue weighted by atomic mass is 10.0. The summed E-state index contributed by atoms with van der Waals surface area (Å²) in [6.07, 6.45) is 0. The van der Waals surface area contributed by atoms with Gasteiger partial charge in [0.2, 0.25) is 0 Å². The predicted molar refractivity (Wildman–Crippen MR) is 86.0 cm³/mol. The van der Waals surface area contributed by atoms with Crippen molar-refractivity contribution >= 4 is 34.8 Å². The van der Waals surface area contributed by atoms with Gasteiger partial charge in [-0.15, -0.1) is 5.06 Å². The number of nitrogens with two attached hydrogens (primary N) is 2. The number of piperazine rings is 1. The highest BCUT2D eigenvalue weighted by atomic mass is 32.1. The van der Waals surface area contributed by atoms with Gasteiger partial charge in [-0.05, 0) is 30.5 Å². The van der Waals surface area contributed by atoms with E-state index in [1.54, 1.807) is 23.3 Å². The van der Waals surface area contributed by atoms with Crippen LogP contribution in [0.3, 0.4) is 0 Å². The number of aliphatic hydroxyl groups is 1. The molecule has 21 heavy (non-hydrogen) atoms. The smallest absolute Gasteiger partial charge is 0.276 e. The van der Waals surface area contributed by atoms with Gasteiger partial charge >= 0.3 is 0 Å². The highest BCUT2D eigenvalue weighted by Gasteiger charge is 2.27. The second-order valence-corrected chi connectivity index (χ2v) is 4.95. The average Bonchev–Trinajstić information content (AvgIpc) is 2.39. The first kappa shape index (κ1) is 17.5. The Morgan fingerprint density at radius 2 is 2.00 bits per heavy atom. The Labute approximate surface area is 132 Å². The van der Waals surface area contributed by atoms with Gasteiger partial charge in [-0.1, -0.05) is 18.2 Å². The minimum Gasteiger partial charge on any atom is -0.487 e. The van der Waals surface area contributed by atoms with Crippen molar-refractivity contribution in [2.45, 2.75) is 6.04 Å². The molecule has 2 rings (SSSR count). The first-order valence-corrected chi connectivity index (χ1v) is 6.91. The normalized spacial score (nSPS) is 18.2. The number of hydroxylamine groups is 2. The maximum Gasteiger partial charge on any atom is 0.276 e. The number of aliphatic hydroxyl groups excluding tert-OH is 1. The molecule has 9 heteroatoms. The van der Waals surface area contributed by atoms with Crippen LogP contribution in [0.25, 0.3) is 0 Å². The van der Waals surface area contributed by atoms with Crippen molar-refractivity contribution in [2.75, 3.05) is 19.6 Å². The third-order valence-corrected chi connectivity index (χ3v) is 2.74. The molecule has 1 aromatic carbocycles. The molecule has 1 saturated heterocycles. The highest BCUT2D eigenvalue weighted by Crippen LogP contribution is 2.24. The Morgan fingerprint density at radius 3 is 2.57 bits per heavy atom. The zero-order valence-corrected chi connectivity index (χ0v) is 12.8. The molecule has 1 aromatic rings. The molecule has 0 amide bonds. The van der Waals surface area contributed by atoms with E-state index in [-0.39, 0.29) is 17.0 Å². The van der Waals surface area contributed by atoms with Crippen LogP contribution in [0.15, 0.2) is 24.3 Å². The second kappa shape index (κ2) is 8.67. The lowest BCUT2D eigenvalue weighted by molar-refractivity contribution is -0.120. The van der Waals surface area contributed by atoms with Crippen molar-refractivity contribution in [1.82, 2.24) is 10.4 Å². The highest BCUT2D eigenvalue weighted by molar-refractivity contribution is 7.80. The van der Waals surface area contributed by atoms with Crippen LogP contribution in [0.1, 0.15) is 11.6 Å². The van der Waals surface area contributed by atoms with Gasteiger partial charge in [-0.3, -0.25) is 0 Å². The van der Waals surface area contributed by atoms with E-state index in [0.717, 1.165) is 6.54 Å². The number of hydrogen-bond acceptors (Lipinski definition) is 5. The Balaban J connectivity index is 0.000000491. The minimum absolute atomic E-state index is 0.0479. The molecule has 1 unspecified atom stereocenters. The molecule has 1 aliphatic rings. The molecule has 0 bridgehead atoms. The van der Waals surface area contributed by atoms with Crippen LogP contribution in [0.5, 0.6) is 0 Å². The number of thiocarbonyl (C=S) groups is 2. The first-order valence-electron chi connectivity index (χ1n) is 6.09. The Hall–Kier alpha value is -1.55. The minimum atomic E-state index is -0.500. The lowest BCUT2D eigenvalue weighted by Gasteiger charge is -2.34. The molecule has 0 aliphatic carbocycles. The zero-order valence-electron chi connectivity index (χ0n) is 11.2. The van der Waals surface area contributed by atoms with E-state index in [1.807, 2.05) is 0 Å². The summed E-state index contributed by atoms with van der Waals surface area (Å²) in [7, 11) is 0. The summed E-state index contributed by atoms with van der Waals surface area (Å²) in [5.74, 6) is -0.252. The van der Waals surface area contributed by atoms with E-state index < -0.39 is 5.17 Å². The van der Waals surface area contributed by atoms with E-state index >= 15 is 0 Å². The maximum absolute atomic E-state index is 13.7. The van der Waals surface area contributed by atoms with E-state index in [9.17, 15) is 4.39 Å². The van der Waals surface area contributed by atoms with Crippen LogP contribution < -0.4 is 16.8 Å². The van der Waals surface area contributed by atoms with Crippen LogP contribution in [-0.4, -0.2) is 40.2 Å². The Bertz CT molecular complexity index is 500. The third kappa shape index (κ3) is 6.17. The summed E-state index contributed by atoms with van der Waals surface area (Å²) in [6, 6.07) is 6.41. The molecule has 6 nitrogen and oxygen atoms in total. The largest absolute Gasteiger partial charge is 0.487 e. The van der Waals surface area contributed by atoms with E-state index in [0.29, 0.717) is 18.7 Å². The summed E-state index contributed by atoms with van der Waals surface area (Å²) in [5.41, 5.74) is 10.3. The van der Waals surface area contributed by atoms with E-state index in [1.165, 1.54) is 6.07 Å². The van der Waals surface area contributed by atoms with E-state index in [4.69, 9.17) is 27.9 Å². The molecule has 1 heterocycles. The molecule has 1 aliphatic heterocycles.